The molecule has 0 aromatic carbocycles. The highest BCUT2D eigenvalue weighted by molar-refractivity contribution is 5.91. The molecule has 11 heavy (non-hydrogen) atoms. The zero-order valence-electron chi connectivity index (χ0n) is 6.71. The van der Waals surface area contributed by atoms with Gasteiger partial charge in [0.05, 0.1) is 6.54 Å². The molecule has 2 rings (SSSR count). The second-order valence-electron chi connectivity index (χ2n) is 3.70. The van der Waals surface area contributed by atoms with Crippen molar-refractivity contribution >= 4 is 5.78 Å². The van der Waals surface area contributed by atoms with Crippen LogP contribution in [0.4, 0.5) is 0 Å². The zero-order chi connectivity index (χ0) is 8.06. The summed E-state index contributed by atoms with van der Waals surface area (Å²) in [6, 6.07) is 0.106. The van der Waals surface area contributed by atoms with Crippen LogP contribution in [0.5, 0.6) is 0 Å². The van der Waals surface area contributed by atoms with Crippen LogP contribution in [-0.4, -0.2) is 40.5 Å². The zero-order valence-corrected chi connectivity index (χ0v) is 6.71. The van der Waals surface area contributed by atoms with E-state index in [0.29, 0.717) is 6.54 Å². The van der Waals surface area contributed by atoms with Gasteiger partial charge >= 0.3 is 0 Å². The molecular formula is C8H13NO2. The molecule has 3 heteroatoms. The number of hydrogen-bond acceptors (Lipinski definition) is 3. The highest BCUT2D eigenvalue weighted by Crippen LogP contribution is 2.33. The minimum atomic E-state index is -1.06. The third kappa shape index (κ3) is 0.844. The molecule has 2 fully saturated rings. The molecule has 2 aliphatic heterocycles. The standard InChI is InChI=1S/C8H13NO2/c1-8(11)6-3-2-4-9(6)5-7(8)10/h6,11H,2-5H2,1H3. The molecule has 1 N–H and O–H groups in total. The number of rotatable bonds is 0. The summed E-state index contributed by atoms with van der Waals surface area (Å²) >= 11 is 0. The molecule has 0 aliphatic carbocycles. The Labute approximate surface area is 66.0 Å². The molecule has 2 unspecified atom stereocenters. The summed E-state index contributed by atoms with van der Waals surface area (Å²) in [6.07, 6.45) is 2.09. The van der Waals surface area contributed by atoms with Gasteiger partial charge in [-0.1, -0.05) is 0 Å². The predicted octanol–water partition coefficient (Wildman–Crippen LogP) is -0.216. The minimum Gasteiger partial charge on any atom is -0.381 e. The maximum absolute atomic E-state index is 11.2. The first-order chi connectivity index (χ1) is 5.12. The smallest absolute Gasteiger partial charge is 0.179 e. The van der Waals surface area contributed by atoms with Gasteiger partial charge in [-0.2, -0.15) is 0 Å². The summed E-state index contributed by atoms with van der Waals surface area (Å²) < 4.78 is 0. The maximum atomic E-state index is 11.2. The van der Waals surface area contributed by atoms with Crippen LogP contribution in [0.25, 0.3) is 0 Å². The van der Waals surface area contributed by atoms with E-state index in [-0.39, 0.29) is 11.8 Å². The number of fused-ring (bicyclic) bond motifs is 1. The van der Waals surface area contributed by atoms with Crippen molar-refractivity contribution in [1.82, 2.24) is 4.90 Å². The van der Waals surface area contributed by atoms with Gasteiger partial charge in [-0.05, 0) is 26.3 Å². The number of aliphatic hydroxyl groups is 1. The van der Waals surface area contributed by atoms with Crippen molar-refractivity contribution in [2.24, 2.45) is 0 Å². The van der Waals surface area contributed by atoms with Crippen LogP contribution in [0.2, 0.25) is 0 Å². The SMILES string of the molecule is CC1(O)C(=O)CN2CCCC21. The number of carbonyl (C=O) groups is 1. The maximum Gasteiger partial charge on any atom is 0.179 e. The average Bonchev–Trinajstić information content (AvgIpc) is 2.41. The molecular weight excluding hydrogens is 142 g/mol. The van der Waals surface area contributed by atoms with Gasteiger partial charge in [0.2, 0.25) is 0 Å². The van der Waals surface area contributed by atoms with Crippen molar-refractivity contribution in [2.75, 3.05) is 13.1 Å². The van der Waals surface area contributed by atoms with E-state index in [9.17, 15) is 9.90 Å². The van der Waals surface area contributed by atoms with Gasteiger partial charge in [0, 0.05) is 6.04 Å². The van der Waals surface area contributed by atoms with E-state index in [1.165, 1.54) is 0 Å². The van der Waals surface area contributed by atoms with E-state index in [4.69, 9.17) is 0 Å². The second kappa shape index (κ2) is 2.05. The van der Waals surface area contributed by atoms with Crippen molar-refractivity contribution in [3.8, 4) is 0 Å². The largest absolute Gasteiger partial charge is 0.381 e. The summed E-state index contributed by atoms with van der Waals surface area (Å²) in [5.41, 5.74) is -1.06. The Morgan fingerprint density at radius 1 is 1.73 bits per heavy atom. The van der Waals surface area contributed by atoms with Gasteiger partial charge < -0.3 is 5.11 Å². The summed E-state index contributed by atoms with van der Waals surface area (Å²) in [6.45, 7) is 3.08. The first-order valence-electron chi connectivity index (χ1n) is 4.12. The van der Waals surface area contributed by atoms with Crippen LogP contribution >= 0.6 is 0 Å². The van der Waals surface area contributed by atoms with Crippen molar-refractivity contribution < 1.29 is 9.90 Å². The topological polar surface area (TPSA) is 40.5 Å². The van der Waals surface area contributed by atoms with Crippen LogP contribution in [0.15, 0.2) is 0 Å². The lowest BCUT2D eigenvalue weighted by Gasteiger charge is -2.23. The number of hydrogen-bond donors (Lipinski definition) is 1. The van der Waals surface area contributed by atoms with Gasteiger partial charge in [-0.3, -0.25) is 9.69 Å². The Hall–Kier alpha value is -0.410. The lowest BCUT2D eigenvalue weighted by Crippen LogP contribution is -2.42. The third-order valence-electron chi connectivity index (χ3n) is 2.92. The normalized spacial score (nSPS) is 44.9. The van der Waals surface area contributed by atoms with Crippen LogP contribution in [0, 0.1) is 0 Å². The molecule has 0 aromatic heterocycles. The van der Waals surface area contributed by atoms with Crippen molar-refractivity contribution in [2.45, 2.75) is 31.4 Å². The van der Waals surface area contributed by atoms with Gasteiger partial charge in [0.1, 0.15) is 5.60 Å². The van der Waals surface area contributed by atoms with E-state index < -0.39 is 5.60 Å². The van der Waals surface area contributed by atoms with Crippen molar-refractivity contribution in [3.05, 3.63) is 0 Å². The first-order valence-corrected chi connectivity index (χ1v) is 4.12. The average molecular weight is 155 g/mol. The molecule has 62 valence electrons. The fourth-order valence-electron chi connectivity index (χ4n) is 2.18. The summed E-state index contributed by atoms with van der Waals surface area (Å²) in [5.74, 6) is -0.0119. The van der Waals surface area contributed by atoms with Crippen LogP contribution < -0.4 is 0 Å². The lowest BCUT2D eigenvalue weighted by atomic mass is 9.94. The van der Waals surface area contributed by atoms with E-state index in [1.54, 1.807) is 6.92 Å². The van der Waals surface area contributed by atoms with E-state index in [1.807, 2.05) is 0 Å². The molecule has 0 saturated carbocycles. The second-order valence-corrected chi connectivity index (χ2v) is 3.70. The molecule has 0 radical (unpaired) electrons. The predicted molar refractivity (Wildman–Crippen MR) is 40.2 cm³/mol. The molecule has 2 saturated heterocycles. The van der Waals surface area contributed by atoms with Crippen molar-refractivity contribution in [3.63, 3.8) is 0 Å². The summed E-state index contributed by atoms with van der Waals surface area (Å²) in [4.78, 5) is 13.3. The van der Waals surface area contributed by atoms with Gasteiger partial charge in [0.15, 0.2) is 5.78 Å². The fraction of sp³-hybridized carbons (Fsp3) is 0.875. The quantitative estimate of drug-likeness (QED) is 0.526. The van der Waals surface area contributed by atoms with Gasteiger partial charge in [0.25, 0.3) is 0 Å². The molecule has 2 aliphatic rings. The van der Waals surface area contributed by atoms with Crippen LogP contribution in [-0.2, 0) is 4.79 Å². The number of ketones is 1. The monoisotopic (exact) mass is 155 g/mol. The van der Waals surface area contributed by atoms with E-state index >= 15 is 0 Å². The highest BCUT2D eigenvalue weighted by atomic mass is 16.3. The van der Waals surface area contributed by atoms with Gasteiger partial charge in [-0.15, -0.1) is 0 Å². The number of carbonyl (C=O) groups excluding carboxylic acids is 1. The fourth-order valence-corrected chi connectivity index (χ4v) is 2.18. The van der Waals surface area contributed by atoms with Crippen molar-refractivity contribution in [1.29, 1.82) is 0 Å². The Bertz CT molecular complexity index is 200. The summed E-state index contributed by atoms with van der Waals surface area (Å²) in [7, 11) is 0. The minimum absolute atomic E-state index is 0.0119. The van der Waals surface area contributed by atoms with E-state index in [2.05, 4.69) is 4.90 Å². The van der Waals surface area contributed by atoms with Crippen LogP contribution in [0.3, 0.4) is 0 Å². The Morgan fingerprint density at radius 3 is 3.09 bits per heavy atom. The molecule has 0 amide bonds. The molecule has 2 heterocycles. The Morgan fingerprint density at radius 2 is 2.45 bits per heavy atom. The van der Waals surface area contributed by atoms with Gasteiger partial charge in [-0.25, -0.2) is 0 Å². The molecule has 2 atom stereocenters. The molecule has 0 aromatic rings. The third-order valence-corrected chi connectivity index (χ3v) is 2.92. The molecule has 0 spiro atoms. The van der Waals surface area contributed by atoms with E-state index in [0.717, 1.165) is 19.4 Å². The summed E-state index contributed by atoms with van der Waals surface area (Å²) in [5, 5.41) is 9.74. The Kier molecular flexibility index (Phi) is 1.35. The van der Waals surface area contributed by atoms with Crippen LogP contribution in [0.1, 0.15) is 19.8 Å². The molecule has 3 nitrogen and oxygen atoms in total. The number of Topliss-reactive ketones (excluding diaryl/α,β-unsaturated/α-hetero) is 1. The highest BCUT2D eigenvalue weighted by Gasteiger charge is 2.50. The number of nitrogens with zero attached hydrogens (tertiary/aromatic N) is 1. The molecule has 0 bridgehead atoms. The first kappa shape index (κ1) is 7.25. The lowest BCUT2D eigenvalue weighted by molar-refractivity contribution is -0.131. The Balaban J connectivity index is 2.27.